The van der Waals surface area contributed by atoms with Gasteiger partial charge in [0.1, 0.15) is 11.4 Å². The maximum absolute atomic E-state index is 9.95. The largest absolute Gasteiger partial charge is 0.506 e. The van der Waals surface area contributed by atoms with E-state index in [1.165, 1.54) is 24.3 Å². The SMILES string of the molecule is Oc1ccccc1N(O)C(O)(O)c1ccccc1. The molecule has 0 saturated carbocycles. The van der Waals surface area contributed by atoms with Gasteiger partial charge in [0, 0.05) is 5.56 Å². The third-order valence-electron chi connectivity index (χ3n) is 2.57. The number of rotatable bonds is 3. The van der Waals surface area contributed by atoms with Crippen LogP contribution in [0.15, 0.2) is 54.6 Å². The minimum Gasteiger partial charge on any atom is -0.506 e. The van der Waals surface area contributed by atoms with Crippen LogP contribution in [0.25, 0.3) is 0 Å². The second kappa shape index (κ2) is 4.66. The summed E-state index contributed by atoms with van der Waals surface area (Å²) >= 11 is 0. The van der Waals surface area contributed by atoms with E-state index in [1.54, 1.807) is 30.3 Å². The van der Waals surface area contributed by atoms with Crippen molar-refractivity contribution in [3.8, 4) is 5.75 Å². The number of phenolic OH excluding ortho intramolecular Hbond substituents is 1. The maximum atomic E-state index is 9.95. The van der Waals surface area contributed by atoms with Gasteiger partial charge >= 0.3 is 0 Å². The number of hydrogen-bond acceptors (Lipinski definition) is 5. The van der Waals surface area contributed by atoms with Gasteiger partial charge in [-0.05, 0) is 12.1 Å². The van der Waals surface area contributed by atoms with Crippen molar-refractivity contribution in [1.29, 1.82) is 0 Å². The number of phenols is 1. The van der Waals surface area contributed by atoms with E-state index in [0.717, 1.165) is 0 Å². The molecule has 0 saturated heterocycles. The first-order valence-electron chi connectivity index (χ1n) is 5.31. The number of para-hydroxylation sites is 2. The number of aromatic hydroxyl groups is 1. The molecular formula is C13H13NO4. The normalized spacial score (nSPS) is 11.3. The van der Waals surface area contributed by atoms with Gasteiger partial charge in [0.15, 0.2) is 0 Å². The summed E-state index contributed by atoms with van der Waals surface area (Å²) in [6, 6.07) is 13.6. The van der Waals surface area contributed by atoms with Gasteiger partial charge in [-0.25, -0.2) is 0 Å². The summed E-state index contributed by atoms with van der Waals surface area (Å²) in [6.45, 7) is 0. The quantitative estimate of drug-likeness (QED) is 0.486. The van der Waals surface area contributed by atoms with Gasteiger partial charge in [0.05, 0.1) is 0 Å². The molecule has 0 heterocycles. The van der Waals surface area contributed by atoms with E-state index in [9.17, 15) is 20.5 Å². The molecule has 0 unspecified atom stereocenters. The summed E-state index contributed by atoms with van der Waals surface area (Å²) < 4.78 is 0. The average molecular weight is 247 g/mol. The highest BCUT2D eigenvalue weighted by Gasteiger charge is 2.35. The molecule has 0 aliphatic heterocycles. The molecule has 4 N–H and O–H groups in total. The molecule has 2 rings (SSSR count). The molecule has 5 nitrogen and oxygen atoms in total. The predicted molar refractivity (Wildman–Crippen MR) is 64.9 cm³/mol. The summed E-state index contributed by atoms with van der Waals surface area (Å²) in [6.07, 6.45) is 0. The molecule has 0 aromatic heterocycles. The smallest absolute Gasteiger partial charge is 0.298 e. The van der Waals surface area contributed by atoms with Gasteiger partial charge in [-0.2, -0.15) is 5.06 Å². The van der Waals surface area contributed by atoms with E-state index >= 15 is 0 Å². The van der Waals surface area contributed by atoms with Crippen LogP contribution in [0.2, 0.25) is 0 Å². The van der Waals surface area contributed by atoms with Crippen molar-refractivity contribution >= 4 is 5.69 Å². The fourth-order valence-electron chi connectivity index (χ4n) is 1.60. The van der Waals surface area contributed by atoms with Crippen molar-refractivity contribution in [3.05, 3.63) is 60.2 Å². The Balaban J connectivity index is 2.39. The summed E-state index contributed by atoms with van der Waals surface area (Å²) in [5.74, 6) is -2.89. The molecule has 18 heavy (non-hydrogen) atoms. The number of anilines is 1. The molecule has 2 aromatic rings. The lowest BCUT2D eigenvalue weighted by Gasteiger charge is -2.31. The Morgan fingerprint density at radius 3 is 2.00 bits per heavy atom. The second-order valence-electron chi connectivity index (χ2n) is 3.80. The Bertz CT molecular complexity index is 528. The summed E-state index contributed by atoms with van der Waals surface area (Å²) in [7, 11) is 0. The third-order valence-corrected chi connectivity index (χ3v) is 2.57. The molecule has 0 radical (unpaired) electrons. The lowest BCUT2D eigenvalue weighted by molar-refractivity contribution is -0.210. The molecule has 5 heteroatoms. The van der Waals surface area contributed by atoms with E-state index in [2.05, 4.69) is 0 Å². The second-order valence-corrected chi connectivity index (χ2v) is 3.80. The van der Waals surface area contributed by atoms with Crippen LogP contribution < -0.4 is 5.06 Å². The van der Waals surface area contributed by atoms with Gasteiger partial charge in [0.25, 0.3) is 5.91 Å². The van der Waals surface area contributed by atoms with E-state index in [4.69, 9.17) is 0 Å². The van der Waals surface area contributed by atoms with Crippen molar-refractivity contribution in [1.82, 2.24) is 0 Å². The Labute approximate surface area is 104 Å². The molecule has 0 fully saturated rings. The molecule has 2 aromatic carbocycles. The van der Waals surface area contributed by atoms with Crippen LogP contribution >= 0.6 is 0 Å². The Morgan fingerprint density at radius 1 is 0.833 bits per heavy atom. The zero-order valence-corrected chi connectivity index (χ0v) is 9.43. The van der Waals surface area contributed by atoms with E-state index in [1.807, 2.05) is 0 Å². The molecule has 0 spiro atoms. The first kappa shape index (κ1) is 12.4. The van der Waals surface area contributed by atoms with Gasteiger partial charge < -0.3 is 15.3 Å². The minimum absolute atomic E-state index is 0.0794. The molecule has 0 amide bonds. The van der Waals surface area contributed by atoms with Gasteiger partial charge in [-0.1, -0.05) is 42.5 Å². The zero-order valence-electron chi connectivity index (χ0n) is 9.43. The van der Waals surface area contributed by atoms with Crippen LogP contribution in [0.4, 0.5) is 5.69 Å². The first-order valence-corrected chi connectivity index (χ1v) is 5.31. The van der Waals surface area contributed by atoms with Crippen molar-refractivity contribution < 1.29 is 20.5 Å². The number of hydrogen-bond donors (Lipinski definition) is 4. The third kappa shape index (κ3) is 2.14. The van der Waals surface area contributed by atoms with E-state index in [-0.39, 0.29) is 22.1 Å². The molecule has 94 valence electrons. The minimum atomic E-state index is -2.62. The van der Waals surface area contributed by atoms with Crippen LogP contribution in [-0.4, -0.2) is 20.5 Å². The van der Waals surface area contributed by atoms with Gasteiger partial charge in [-0.15, -0.1) is 0 Å². The standard InChI is InChI=1S/C13H13NO4/c15-12-9-5-4-8-11(12)14(18)13(16,17)10-6-2-1-3-7-10/h1-9,15-18H. The van der Waals surface area contributed by atoms with Crippen LogP contribution in [0, 0.1) is 0 Å². The van der Waals surface area contributed by atoms with Crippen molar-refractivity contribution in [3.63, 3.8) is 0 Å². The summed E-state index contributed by atoms with van der Waals surface area (Å²) in [4.78, 5) is 0. The average Bonchev–Trinajstić information content (AvgIpc) is 2.39. The number of hydroxylamine groups is 1. The number of benzene rings is 2. The van der Waals surface area contributed by atoms with Crippen LogP contribution in [-0.2, 0) is 5.91 Å². The molecule has 0 aliphatic carbocycles. The van der Waals surface area contributed by atoms with Gasteiger partial charge in [-0.3, -0.25) is 5.21 Å². The summed E-state index contributed by atoms with van der Waals surface area (Å²) in [5.41, 5.74) is -0.0258. The predicted octanol–water partition coefficient (Wildman–Crippen LogP) is 1.38. The topological polar surface area (TPSA) is 84.2 Å². The molecule has 0 bridgehead atoms. The number of nitrogens with zero attached hydrogens (tertiary/aromatic N) is 1. The van der Waals surface area contributed by atoms with Crippen molar-refractivity contribution in [2.24, 2.45) is 0 Å². The highest BCUT2D eigenvalue weighted by Crippen LogP contribution is 2.32. The van der Waals surface area contributed by atoms with Gasteiger partial charge in [0.2, 0.25) is 0 Å². The molecular weight excluding hydrogens is 234 g/mol. The number of aliphatic hydroxyl groups is 2. The Kier molecular flexibility index (Phi) is 3.20. The highest BCUT2D eigenvalue weighted by molar-refractivity contribution is 5.56. The van der Waals surface area contributed by atoms with E-state index < -0.39 is 5.91 Å². The van der Waals surface area contributed by atoms with Crippen LogP contribution in [0.5, 0.6) is 5.75 Å². The maximum Gasteiger partial charge on any atom is 0.298 e. The zero-order chi connectivity index (χ0) is 13.2. The van der Waals surface area contributed by atoms with E-state index in [0.29, 0.717) is 0 Å². The molecule has 0 atom stereocenters. The monoisotopic (exact) mass is 247 g/mol. The Morgan fingerprint density at radius 2 is 1.39 bits per heavy atom. The lowest BCUT2D eigenvalue weighted by Crippen LogP contribution is -2.44. The van der Waals surface area contributed by atoms with Crippen LogP contribution in [0.3, 0.4) is 0 Å². The summed E-state index contributed by atoms with van der Waals surface area (Å²) in [5, 5.41) is 39.5. The van der Waals surface area contributed by atoms with Crippen molar-refractivity contribution in [2.75, 3.05) is 5.06 Å². The highest BCUT2D eigenvalue weighted by atomic mass is 16.6. The fourth-order valence-corrected chi connectivity index (χ4v) is 1.60. The lowest BCUT2D eigenvalue weighted by atomic mass is 10.1. The fraction of sp³-hybridized carbons (Fsp3) is 0.0769. The Hall–Kier alpha value is -2.08. The van der Waals surface area contributed by atoms with Crippen LogP contribution in [0.1, 0.15) is 5.56 Å². The van der Waals surface area contributed by atoms with Crippen molar-refractivity contribution in [2.45, 2.75) is 5.91 Å². The first-order chi connectivity index (χ1) is 8.53. The molecule has 0 aliphatic rings.